The molecule has 1 nitrogen and oxygen atoms in total. The van der Waals surface area contributed by atoms with Crippen LogP contribution in [0.4, 0.5) is 17.1 Å². The van der Waals surface area contributed by atoms with Gasteiger partial charge in [-0.3, -0.25) is 0 Å². The fourth-order valence-electron chi connectivity index (χ4n) is 9.49. The predicted molar refractivity (Wildman–Crippen MR) is 226 cm³/mol. The quantitative estimate of drug-likeness (QED) is 0.174. The van der Waals surface area contributed by atoms with E-state index in [0.717, 1.165) is 0 Å². The fraction of sp³-hybridized carbons (Fsp3) is 0.192. The number of hydrogen-bond acceptors (Lipinski definition) is 1. The zero-order valence-corrected chi connectivity index (χ0v) is 32.2. The van der Waals surface area contributed by atoms with Crippen LogP contribution < -0.4 is 4.90 Å². The van der Waals surface area contributed by atoms with E-state index in [9.17, 15) is 0 Å². The van der Waals surface area contributed by atoms with Crippen LogP contribution in [0.15, 0.2) is 140 Å². The third-order valence-corrected chi connectivity index (χ3v) is 12.3. The van der Waals surface area contributed by atoms with Crippen LogP contribution in [-0.2, 0) is 10.8 Å². The molecule has 260 valence electrons. The SMILES string of the molecule is Cc1ccc(-c2cc(C)c(N(c3ccc4c(c3)C(C)(C)c3ccccc3-4)c3ccc4c(c3)C(C)(C)c3ccccc3-4)c(-c3c(C)cccc3C)c2)cc1. The number of benzene rings is 7. The van der Waals surface area contributed by atoms with Gasteiger partial charge in [0.05, 0.1) is 5.69 Å². The molecule has 0 saturated heterocycles. The van der Waals surface area contributed by atoms with Crippen LogP contribution in [0, 0.1) is 27.7 Å². The first-order valence-electron chi connectivity index (χ1n) is 19.0. The van der Waals surface area contributed by atoms with Crippen molar-refractivity contribution in [1.29, 1.82) is 0 Å². The summed E-state index contributed by atoms with van der Waals surface area (Å²) in [5.41, 5.74) is 24.3. The number of aryl methyl sites for hydroxylation is 4. The van der Waals surface area contributed by atoms with Gasteiger partial charge in [-0.25, -0.2) is 0 Å². The van der Waals surface area contributed by atoms with Gasteiger partial charge in [0.2, 0.25) is 0 Å². The minimum Gasteiger partial charge on any atom is -0.310 e. The number of anilines is 3. The van der Waals surface area contributed by atoms with E-state index in [1.807, 2.05) is 0 Å². The van der Waals surface area contributed by atoms with Crippen molar-refractivity contribution in [1.82, 2.24) is 0 Å². The molecule has 0 radical (unpaired) electrons. The summed E-state index contributed by atoms with van der Waals surface area (Å²) in [6.45, 7) is 18.5. The zero-order chi connectivity index (χ0) is 36.8. The fourth-order valence-corrected chi connectivity index (χ4v) is 9.49. The molecule has 0 unspecified atom stereocenters. The van der Waals surface area contributed by atoms with Crippen molar-refractivity contribution in [3.05, 3.63) is 184 Å². The molecule has 0 N–H and O–H groups in total. The van der Waals surface area contributed by atoms with Gasteiger partial charge in [-0.05, 0) is 142 Å². The van der Waals surface area contributed by atoms with Crippen LogP contribution >= 0.6 is 0 Å². The minimum absolute atomic E-state index is 0.116. The molecule has 7 aromatic carbocycles. The molecule has 1 heteroatoms. The van der Waals surface area contributed by atoms with Crippen molar-refractivity contribution in [2.45, 2.75) is 66.2 Å². The van der Waals surface area contributed by atoms with E-state index in [-0.39, 0.29) is 10.8 Å². The van der Waals surface area contributed by atoms with Gasteiger partial charge >= 0.3 is 0 Å². The number of fused-ring (bicyclic) bond motifs is 6. The molecule has 0 amide bonds. The smallest absolute Gasteiger partial charge is 0.0569 e. The lowest BCUT2D eigenvalue weighted by atomic mass is 9.82. The first-order valence-corrected chi connectivity index (χ1v) is 19.0. The molecule has 2 aliphatic rings. The van der Waals surface area contributed by atoms with Gasteiger partial charge < -0.3 is 4.90 Å². The Bertz CT molecular complexity index is 2470. The van der Waals surface area contributed by atoms with Gasteiger partial charge in [0.25, 0.3) is 0 Å². The summed E-state index contributed by atoms with van der Waals surface area (Å²) < 4.78 is 0. The second-order valence-corrected chi connectivity index (χ2v) is 16.5. The summed E-state index contributed by atoms with van der Waals surface area (Å²) in [6, 6.07) is 52.8. The van der Waals surface area contributed by atoms with Gasteiger partial charge in [-0.1, -0.05) is 136 Å². The van der Waals surface area contributed by atoms with Gasteiger partial charge in [-0.2, -0.15) is 0 Å². The highest BCUT2D eigenvalue weighted by Gasteiger charge is 2.38. The number of rotatable bonds is 5. The maximum Gasteiger partial charge on any atom is 0.0569 e. The Morgan fingerprint density at radius 3 is 1.40 bits per heavy atom. The largest absolute Gasteiger partial charge is 0.310 e. The van der Waals surface area contributed by atoms with Crippen molar-refractivity contribution in [2.24, 2.45) is 0 Å². The Kier molecular flexibility index (Phi) is 7.48. The molecule has 0 atom stereocenters. The van der Waals surface area contributed by atoms with Crippen LogP contribution in [0.25, 0.3) is 44.5 Å². The summed E-state index contributed by atoms with van der Waals surface area (Å²) in [7, 11) is 0. The Labute approximate surface area is 315 Å². The standard InChI is InChI=1S/C52H47N/c1-32-20-22-36(23-21-32)37-28-35(4)50(44(29-37)49-33(2)14-13-15-34(49)3)53(38-24-26-42-40-16-9-11-18-45(40)51(5,6)47(42)30-38)39-25-27-43-41-17-10-12-19-46(41)52(7,8)48(43)31-39/h9-31H,1-8H3. The van der Waals surface area contributed by atoms with E-state index in [1.165, 1.54) is 106 Å². The van der Waals surface area contributed by atoms with Crippen LogP contribution in [-0.4, -0.2) is 0 Å². The molecule has 0 aromatic heterocycles. The van der Waals surface area contributed by atoms with E-state index in [0.29, 0.717) is 0 Å². The van der Waals surface area contributed by atoms with E-state index in [2.05, 4.69) is 200 Å². The van der Waals surface area contributed by atoms with Gasteiger partial charge in [0.15, 0.2) is 0 Å². The van der Waals surface area contributed by atoms with E-state index >= 15 is 0 Å². The number of hydrogen-bond donors (Lipinski definition) is 0. The number of nitrogens with zero attached hydrogens (tertiary/aromatic N) is 1. The highest BCUT2D eigenvalue weighted by atomic mass is 15.1. The monoisotopic (exact) mass is 685 g/mol. The first-order chi connectivity index (χ1) is 25.4. The average molecular weight is 686 g/mol. The summed E-state index contributed by atoms with van der Waals surface area (Å²) >= 11 is 0. The zero-order valence-electron chi connectivity index (χ0n) is 32.2. The Morgan fingerprint density at radius 2 is 0.868 bits per heavy atom. The lowest BCUT2D eigenvalue weighted by molar-refractivity contribution is 0.660. The first kappa shape index (κ1) is 33.2. The molecule has 7 aromatic rings. The third-order valence-electron chi connectivity index (χ3n) is 12.3. The molecular formula is C52H47N. The van der Waals surface area contributed by atoms with Crippen molar-refractivity contribution in [2.75, 3.05) is 4.90 Å². The van der Waals surface area contributed by atoms with E-state index < -0.39 is 0 Å². The summed E-state index contributed by atoms with van der Waals surface area (Å²) in [5.74, 6) is 0. The second-order valence-electron chi connectivity index (χ2n) is 16.5. The van der Waals surface area contributed by atoms with Gasteiger partial charge in [0, 0.05) is 27.8 Å². The molecule has 9 rings (SSSR count). The van der Waals surface area contributed by atoms with Gasteiger partial charge in [-0.15, -0.1) is 0 Å². The van der Waals surface area contributed by atoms with Crippen LogP contribution in [0.3, 0.4) is 0 Å². The topological polar surface area (TPSA) is 3.24 Å². The summed E-state index contributed by atoms with van der Waals surface area (Å²) in [6.07, 6.45) is 0. The molecule has 53 heavy (non-hydrogen) atoms. The Hall–Kier alpha value is -5.66. The van der Waals surface area contributed by atoms with Crippen LogP contribution in [0.1, 0.15) is 72.2 Å². The molecule has 0 bridgehead atoms. The lowest BCUT2D eigenvalue weighted by Gasteiger charge is -2.33. The highest BCUT2D eigenvalue weighted by Crippen LogP contribution is 2.54. The minimum atomic E-state index is -0.116. The third kappa shape index (κ3) is 5.05. The van der Waals surface area contributed by atoms with Crippen molar-refractivity contribution >= 4 is 17.1 Å². The van der Waals surface area contributed by atoms with E-state index in [4.69, 9.17) is 0 Å². The maximum absolute atomic E-state index is 2.56. The molecule has 0 spiro atoms. The normalized spacial score (nSPS) is 14.3. The molecule has 0 saturated carbocycles. The lowest BCUT2D eigenvalue weighted by Crippen LogP contribution is -2.19. The average Bonchev–Trinajstić information content (AvgIpc) is 3.52. The van der Waals surface area contributed by atoms with Crippen molar-refractivity contribution in [3.63, 3.8) is 0 Å². The Morgan fingerprint density at radius 1 is 0.377 bits per heavy atom. The van der Waals surface area contributed by atoms with Crippen LogP contribution in [0.5, 0.6) is 0 Å². The van der Waals surface area contributed by atoms with Crippen molar-refractivity contribution < 1.29 is 0 Å². The predicted octanol–water partition coefficient (Wildman–Crippen LogP) is 14.3. The maximum atomic E-state index is 2.56. The Balaban J connectivity index is 1.34. The van der Waals surface area contributed by atoms with Crippen molar-refractivity contribution in [3.8, 4) is 44.5 Å². The van der Waals surface area contributed by atoms with Gasteiger partial charge in [0.1, 0.15) is 0 Å². The highest BCUT2D eigenvalue weighted by molar-refractivity contribution is 5.96. The van der Waals surface area contributed by atoms with Crippen LogP contribution in [0.2, 0.25) is 0 Å². The van der Waals surface area contributed by atoms with E-state index in [1.54, 1.807) is 0 Å². The molecule has 0 fully saturated rings. The molecule has 0 heterocycles. The molecule has 2 aliphatic carbocycles. The summed E-state index contributed by atoms with van der Waals surface area (Å²) in [5, 5.41) is 0. The molecular weight excluding hydrogens is 639 g/mol. The summed E-state index contributed by atoms with van der Waals surface area (Å²) in [4.78, 5) is 2.56. The molecule has 0 aliphatic heterocycles. The second kappa shape index (κ2) is 11.9.